The second-order valence-corrected chi connectivity index (χ2v) is 9.57. The number of rotatable bonds is 6. The van der Waals surface area contributed by atoms with Gasteiger partial charge >= 0.3 is 0 Å². The number of hydrogen-bond donors (Lipinski definition) is 2. The van der Waals surface area contributed by atoms with Crippen LogP contribution in [0.25, 0.3) is 0 Å². The third-order valence-electron chi connectivity index (χ3n) is 8.62. The van der Waals surface area contributed by atoms with E-state index in [9.17, 15) is 15.5 Å². The van der Waals surface area contributed by atoms with Gasteiger partial charge in [0.15, 0.2) is 0 Å². The molecule has 0 aromatic heterocycles. The average molecular weight is 364 g/mol. The number of aliphatic hydroxyl groups is 2. The molecule has 0 spiro atoms. The Labute approximate surface area is 158 Å². The highest BCUT2D eigenvalue weighted by molar-refractivity contribution is 5.14. The summed E-state index contributed by atoms with van der Waals surface area (Å²) in [7, 11) is 0. The zero-order valence-electron chi connectivity index (χ0n) is 16.8. The summed E-state index contributed by atoms with van der Waals surface area (Å²) in [6.45, 7) is 8.30. The molecule has 3 saturated carbocycles. The molecule has 2 N–H and O–H groups in total. The van der Waals surface area contributed by atoms with Gasteiger partial charge < -0.3 is 14.9 Å². The van der Waals surface area contributed by atoms with Crippen LogP contribution in [0.3, 0.4) is 0 Å². The predicted octanol–water partition coefficient (Wildman–Crippen LogP) is 3.76. The van der Waals surface area contributed by atoms with Crippen molar-refractivity contribution in [3.05, 3.63) is 0 Å². The van der Waals surface area contributed by atoms with E-state index in [2.05, 4.69) is 19.9 Å². The zero-order valence-corrected chi connectivity index (χ0v) is 16.8. The lowest BCUT2D eigenvalue weighted by Crippen LogP contribution is -2.58. The van der Waals surface area contributed by atoms with Gasteiger partial charge in [0.25, 0.3) is 0 Å². The van der Waals surface area contributed by atoms with Gasteiger partial charge in [-0.15, -0.1) is 0 Å². The SMILES string of the molecule is CCOCCC1(C)C(CCO)CCC2C3CCC(C#N)C3(C)CC(O)C21. The summed E-state index contributed by atoms with van der Waals surface area (Å²) in [5.74, 6) is 1.86. The number of nitriles is 1. The predicted molar refractivity (Wildman–Crippen MR) is 101 cm³/mol. The molecule has 0 amide bonds. The maximum Gasteiger partial charge on any atom is 0.0661 e. The van der Waals surface area contributed by atoms with Crippen LogP contribution < -0.4 is 0 Å². The zero-order chi connectivity index (χ0) is 18.9. The van der Waals surface area contributed by atoms with E-state index in [1.807, 2.05) is 6.92 Å². The Morgan fingerprint density at radius 1 is 1.19 bits per heavy atom. The molecule has 4 heteroatoms. The lowest BCUT2D eigenvalue weighted by Gasteiger charge is -2.60. The quantitative estimate of drug-likeness (QED) is 0.705. The summed E-state index contributed by atoms with van der Waals surface area (Å²) >= 11 is 0. The van der Waals surface area contributed by atoms with E-state index < -0.39 is 0 Å². The molecule has 0 aliphatic heterocycles. The Balaban J connectivity index is 1.90. The first-order valence-electron chi connectivity index (χ1n) is 10.7. The molecule has 0 aromatic rings. The Bertz CT molecular complexity index is 532. The average Bonchev–Trinajstić information content (AvgIpc) is 2.93. The maximum atomic E-state index is 11.3. The molecule has 3 aliphatic carbocycles. The fourth-order valence-electron chi connectivity index (χ4n) is 7.33. The Morgan fingerprint density at radius 3 is 2.62 bits per heavy atom. The summed E-state index contributed by atoms with van der Waals surface area (Å²) in [6.07, 6.45) is 6.57. The molecule has 0 aromatic carbocycles. The number of fused-ring (bicyclic) bond motifs is 3. The van der Waals surface area contributed by atoms with Crippen molar-refractivity contribution in [1.29, 1.82) is 5.26 Å². The molecule has 0 saturated heterocycles. The molecule has 4 nitrogen and oxygen atoms in total. The van der Waals surface area contributed by atoms with Gasteiger partial charge in [-0.05, 0) is 86.4 Å². The van der Waals surface area contributed by atoms with Crippen LogP contribution in [0.5, 0.6) is 0 Å². The maximum absolute atomic E-state index is 11.3. The number of ether oxygens (including phenoxy) is 1. The minimum atomic E-state index is -0.344. The van der Waals surface area contributed by atoms with Crippen molar-refractivity contribution in [3.8, 4) is 6.07 Å². The van der Waals surface area contributed by atoms with E-state index in [4.69, 9.17) is 4.74 Å². The summed E-state index contributed by atoms with van der Waals surface area (Å²) < 4.78 is 5.70. The molecule has 8 atom stereocenters. The molecule has 148 valence electrons. The van der Waals surface area contributed by atoms with Crippen molar-refractivity contribution in [2.45, 2.75) is 71.8 Å². The molecular weight excluding hydrogens is 326 g/mol. The van der Waals surface area contributed by atoms with E-state index in [-0.39, 0.29) is 35.4 Å². The Morgan fingerprint density at radius 2 is 1.96 bits per heavy atom. The number of nitrogens with zero attached hydrogens (tertiary/aromatic N) is 1. The van der Waals surface area contributed by atoms with Crippen LogP contribution in [0, 0.1) is 51.8 Å². The molecule has 0 radical (unpaired) electrons. The van der Waals surface area contributed by atoms with E-state index in [0.29, 0.717) is 17.8 Å². The molecule has 0 heterocycles. The van der Waals surface area contributed by atoms with Crippen molar-refractivity contribution >= 4 is 0 Å². The van der Waals surface area contributed by atoms with Crippen LogP contribution in [-0.2, 0) is 4.74 Å². The van der Waals surface area contributed by atoms with Crippen LogP contribution >= 0.6 is 0 Å². The van der Waals surface area contributed by atoms with Crippen LogP contribution in [0.15, 0.2) is 0 Å². The van der Waals surface area contributed by atoms with Crippen molar-refractivity contribution in [1.82, 2.24) is 0 Å². The minimum absolute atomic E-state index is 0.00624. The van der Waals surface area contributed by atoms with Gasteiger partial charge in [0.1, 0.15) is 0 Å². The van der Waals surface area contributed by atoms with E-state index in [0.717, 1.165) is 58.2 Å². The largest absolute Gasteiger partial charge is 0.396 e. The van der Waals surface area contributed by atoms with E-state index >= 15 is 0 Å². The first-order chi connectivity index (χ1) is 12.4. The normalized spacial score (nSPS) is 47.8. The van der Waals surface area contributed by atoms with E-state index in [1.54, 1.807) is 0 Å². The van der Waals surface area contributed by atoms with Crippen LogP contribution in [0.1, 0.15) is 65.7 Å². The third-order valence-corrected chi connectivity index (χ3v) is 8.62. The summed E-state index contributed by atoms with van der Waals surface area (Å²) in [4.78, 5) is 0. The first kappa shape index (κ1) is 20.1. The van der Waals surface area contributed by atoms with Crippen molar-refractivity contribution in [3.63, 3.8) is 0 Å². The molecule has 3 fully saturated rings. The minimum Gasteiger partial charge on any atom is -0.396 e. The molecule has 3 aliphatic rings. The lowest BCUT2D eigenvalue weighted by atomic mass is 9.45. The summed E-state index contributed by atoms with van der Waals surface area (Å²) in [5.41, 5.74) is -0.0216. The summed E-state index contributed by atoms with van der Waals surface area (Å²) in [6, 6.07) is 2.55. The summed E-state index contributed by atoms with van der Waals surface area (Å²) in [5, 5.41) is 30.5. The standard InChI is InChI=1S/C22H37NO3/c1-4-26-12-10-21(2)15(9-11-24)5-7-17-18-8-6-16(14-23)22(18,3)13-19(25)20(17)21/h15-20,24-25H,4-13H2,1-3H3. The Hall–Kier alpha value is -0.630. The molecule has 3 rings (SSSR count). The highest BCUT2D eigenvalue weighted by atomic mass is 16.5. The second kappa shape index (κ2) is 7.78. The molecule has 0 bridgehead atoms. The third kappa shape index (κ3) is 3.11. The number of hydrogen-bond acceptors (Lipinski definition) is 4. The van der Waals surface area contributed by atoms with Gasteiger partial charge in [0, 0.05) is 19.8 Å². The monoisotopic (exact) mass is 363 g/mol. The van der Waals surface area contributed by atoms with Crippen molar-refractivity contribution in [2.75, 3.05) is 19.8 Å². The van der Waals surface area contributed by atoms with Crippen molar-refractivity contribution < 1.29 is 14.9 Å². The van der Waals surface area contributed by atoms with Gasteiger partial charge in [-0.25, -0.2) is 0 Å². The van der Waals surface area contributed by atoms with Gasteiger partial charge in [0.05, 0.1) is 18.1 Å². The highest BCUT2D eigenvalue weighted by Crippen LogP contribution is 2.66. The number of aliphatic hydroxyl groups excluding tert-OH is 2. The van der Waals surface area contributed by atoms with Gasteiger partial charge in [0.2, 0.25) is 0 Å². The van der Waals surface area contributed by atoms with Crippen LogP contribution in [-0.4, -0.2) is 36.1 Å². The van der Waals surface area contributed by atoms with Gasteiger partial charge in [-0.1, -0.05) is 13.8 Å². The lowest BCUT2D eigenvalue weighted by molar-refractivity contribution is -0.164. The smallest absolute Gasteiger partial charge is 0.0661 e. The van der Waals surface area contributed by atoms with Crippen molar-refractivity contribution in [2.24, 2.45) is 40.4 Å². The van der Waals surface area contributed by atoms with Crippen LogP contribution in [0.4, 0.5) is 0 Å². The fourth-order valence-corrected chi connectivity index (χ4v) is 7.33. The van der Waals surface area contributed by atoms with E-state index in [1.165, 1.54) is 0 Å². The first-order valence-corrected chi connectivity index (χ1v) is 10.7. The van der Waals surface area contributed by atoms with Crippen LogP contribution in [0.2, 0.25) is 0 Å². The Kier molecular flexibility index (Phi) is 6.02. The molecule has 26 heavy (non-hydrogen) atoms. The van der Waals surface area contributed by atoms with Gasteiger partial charge in [-0.2, -0.15) is 5.26 Å². The van der Waals surface area contributed by atoms with Gasteiger partial charge in [-0.3, -0.25) is 0 Å². The molecule has 8 unspecified atom stereocenters. The topological polar surface area (TPSA) is 73.5 Å². The highest BCUT2D eigenvalue weighted by Gasteiger charge is 2.62. The second-order valence-electron chi connectivity index (χ2n) is 9.57. The fraction of sp³-hybridized carbons (Fsp3) is 0.955. The molecular formula is C22H37NO3.